The zero-order valence-electron chi connectivity index (χ0n) is 10.5. The molecule has 2 amide bonds. The lowest BCUT2D eigenvalue weighted by atomic mass is 10.1. The third-order valence-corrected chi connectivity index (χ3v) is 2.47. The summed E-state index contributed by atoms with van der Waals surface area (Å²) in [6, 6.07) is 3.88. The van der Waals surface area contributed by atoms with E-state index >= 15 is 0 Å². The van der Waals surface area contributed by atoms with Gasteiger partial charge in [-0.3, -0.25) is 4.79 Å². The lowest BCUT2D eigenvalue weighted by Gasteiger charge is -2.20. The summed E-state index contributed by atoms with van der Waals surface area (Å²) < 4.78 is 37.5. The Labute approximate surface area is 112 Å². The molecule has 0 radical (unpaired) electrons. The fourth-order valence-electron chi connectivity index (χ4n) is 1.40. The first-order valence-corrected chi connectivity index (χ1v) is 5.61. The number of carboxylic acid groups (broad SMARTS) is 1. The lowest BCUT2D eigenvalue weighted by molar-refractivity contribution is -0.152. The van der Waals surface area contributed by atoms with Gasteiger partial charge < -0.3 is 15.7 Å². The second-order valence-electron chi connectivity index (χ2n) is 4.12. The van der Waals surface area contributed by atoms with Crippen molar-refractivity contribution < 1.29 is 27.9 Å². The van der Waals surface area contributed by atoms with Crippen LogP contribution in [0.25, 0.3) is 0 Å². The molecule has 0 aromatic heterocycles. The van der Waals surface area contributed by atoms with Crippen LogP contribution < -0.4 is 10.6 Å². The Morgan fingerprint density at radius 2 is 1.80 bits per heavy atom. The Morgan fingerprint density at radius 1 is 1.25 bits per heavy atom. The first-order valence-electron chi connectivity index (χ1n) is 5.61. The van der Waals surface area contributed by atoms with E-state index < -0.39 is 30.8 Å². The maximum atomic E-state index is 12.5. The number of halogens is 3. The molecule has 1 aromatic carbocycles. The molecular formula is C12H13F3N2O3. The number of alkyl halides is 3. The normalized spacial score (nSPS) is 12.6. The third-order valence-electron chi connectivity index (χ3n) is 2.47. The van der Waals surface area contributed by atoms with Crippen molar-refractivity contribution in [2.45, 2.75) is 19.1 Å². The van der Waals surface area contributed by atoms with Gasteiger partial charge in [-0.25, -0.2) is 4.79 Å². The van der Waals surface area contributed by atoms with Crippen LogP contribution >= 0.6 is 0 Å². The largest absolute Gasteiger partial charge is 0.465 e. The van der Waals surface area contributed by atoms with Crippen LogP contribution in [0.3, 0.4) is 0 Å². The van der Waals surface area contributed by atoms with Crippen molar-refractivity contribution in [2.75, 3.05) is 6.54 Å². The number of aryl methyl sites for hydroxylation is 1. The molecule has 0 spiro atoms. The molecule has 0 fully saturated rings. The minimum atomic E-state index is -4.78. The minimum Gasteiger partial charge on any atom is -0.465 e. The van der Waals surface area contributed by atoms with Crippen molar-refractivity contribution in [3.8, 4) is 0 Å². The van der Waals surface area contributed by atoms with E-state index in [9.17, 15) is 22.8 Å². The average molecular weight is 290 g/mol. The fraction of sp³-hybridized carbons (Fsp3) is 0.333. The number of carbonyl (C=O) groups is 2. The van der Waals surface area contributed by atoms with E-state index in [0.29, 0.717) is 0 Å². The van der Waals surface area contributed by atoms with Gasteiger partial charge in [0.1, 0.15) is 6.04 Å². The number of rotatable bonds is 4. The van der Waals surface area contributed by atoms with Crippen LogP contribution in [0.2, 0.25) is 0 Å². The Balaban J connectivity index is 2.65. The number of amides is 2. The summed E-state index contributed by atoms with van der Waals surface area (Å²) in [5.41, 5.74) is 1.11. The molecular weight excluding hydrogens is 277 g/mol. The minimum absolute atomic E-state index is 0.201. The molecule has 0 saturated carbocycles. The molecule has 1 rings (SSSR count). The van der Waals surface area contributed by atoms with Gasteiger partial charge in [-0.1, -0.05) is 17.7 Å². The van der Waals surface area contributed by atoms with Crippen molar-refractivity contribution in [2.24, 2.45) is 0 Å². The molecule has 0 aliphatic carbocycles. The van der Waals surface area contributed by atoms with E-state index in [2.05, 4.69) is 0 Å². The molecule has 20 heavy (non-hydrogen) atoms. The van der Waals surface area contributed by atoms with Crippen molar-refractivity contribution >= 4 is 12.0 Å². The SMILES string of the molecule is Cc1ccc(C(=O)NCC(NC(=O)O)C(F)(F)F)cc1. The first kappa shape index (κ1) is 15.8. The Morgan fingerprint density at radius 3 is 2.25 bits per heavy atom. The van der Waals surface area contributed by atoms with Crippen LogP contribution in [-0.4, -0.2) is 35.9 Å². The molecule has 1 aromatic rings. The molecule has 1 atom stereocenters. The first-order chi connectivity index (χ1) is 9.20. The molecule has 110 valence electrons. The highest BCUT2D eigenvalue weighted by molar-refractivity contribution is 5.94. The topological polar surface area (TPSA) is 78.4 Å². The van der Waals surface area contributed by atoms with E-state index in [4.69, 9.17) is 5.11 Å². The van der Waals surface area contributed by atoms with E-state index in [1.165, 1.54) is 17.4 Å². The van der Waals surface area contributed by atoms with E-state index in [1.54, 1.807) is 19.1 Å². The van der Waals surface area contributed by atoms with Crippen molar-refractivity contribution in [3.63, 3.8) is 0 Å². The van der Waals surface area contributed by atoms with E-state index in [1.807, 2.05) is 5.32 Å². The average Bonchev–Trinajstić information content (AvgIpc) is 2.33. The summed E-state index contributed by atoms with van der Waals surface area (Å²) in [5.74, 6) is -0.702. The van der Waals surface area contributed by atoms with E-state index in [-0.39, 0.29) is 5.56 Å². The molecule has 0 bridgehead atoms. The van der Waals surface area contributed by atoms with Crippen LogP contribution in [0.1, 0.15) is 15.9 Å². The fourth-order valence-corrected chi connectivity index (χ4v) is 1.40. The number of hydrogen-bond donors (Lipinski definition) is 3. The third kappa shape index (κ3) is 4.79. The quantitative estimate of drug-likeness (QED) is 0.792. The zero-order chi connectivity index (χ0) is 15.3. The van der Waals surface area contributed by atoms with Gasteiger partial charge in [0.05, 0.1) is 0 Å². The van der Waals surface area contributed by atoms with E-state index in [0.717, 1.165) is 5.56 Å². The summed E-state index contributed by atoms with van der Waals surface area (Å²) in [5, 5.41) is 11.7. The molecule has 3 N–H and O–H groups in total. The van der Waals surface area contributed by atoms with Gasteiger partial charge in [-0.2, -0.15) is 13.2 Å². The Hall–Kier alpha value is -2.25. The summed E-state index contributed by atoms with van der Waals surface area (Å²) in [4.78, 5) is 21.9. The van der Waals surface area contributed by atoms with Gasteiger partial charge in [-0.15, -0.1) is 0 Å². The van der Waals surface area contributed by atoms with Crippen molar-refractivity contribution in [1.29, 1.82) is 0 Å². The molecule has 0 aliphatic heterocycles. The highest BCUT2D eigenvalue weighted by Gasteiger charge is 2.40. The molecule has 0 aliphatic rings. The number of nitrogens with one attached hydrogen (secondary N) is 2. The summed E-state index contributed by atoms with van der Waals surface area (Å²) in [7, 11) is 0. The zero-order valence-corrected chi connectivity index (χ0v) is 10.5. The standard InChI is InChI=1S/C12H13F3N2O3/c1-7-2-4-8(5-3-7)10(18)16-6-9(12(13,14)15)17-11(19)20/h2-5,9,17H,6H2,1H3,(H,16,18)(H,19,20). The molecule has 5 nitrogen and oxygen atoms in total. The highest BCUT2D eigenvalue weighted by atomic mass is 19.4. The summed E-state index contributed by atoms with van der Waals surface area (Å²) in [6.07, 6.45) is -6.59. The summed E-state index contributed by atoms with van der Waals surface area (Å²) in [6.45, 7) is 0.931. The van der Waals surface area contributed by atoms with Crippen LogP contribution in [0.4, 0.5) is 18.0 Å². The second-order valence-corrected chi connectivity index (χ2v) is 4.12. The number of carbonyl (C=O) groups excluding carboxylic acids is 1. The lowest BCUT2D eigenvalue weighted by Crippen LogP contribution is -2.51. The van der Waals surface area contributed by atoms with Crippen LogP contribution in [0.5, 0.6) is 0 Å². The molecule has 8 heteroatoms. The second kappa shape index (κ2) is 6.27. The molecule has 0 heterocycles. The van der Waals surface area contributed by atoms with Gasteiger partial charge in [0.2, 0.25) is 0 Å². The number of hydrogen-bond acceptors (Lipinski definition) is 2. The van der Waals surface area contributed by atoms with Gasteiger partial charge in [-0.05, 0) is 19.1 Å². The van der Waals surface area contributed by atoms with Crippen LogP contribution in [-0.2, 0) is 0 Å². The molecule has 0 saturated heterocycles. The monoisotopic (exact) mass is 290 g/mol. The van der Waals surface area contributed by atoms with Crippen molar-refractivity contribution in [3.05, 3.63) is 35.4 Å². The van der Waals surface area contributed by atoms with Crippen LogP contribution in [0.15, 0.2) is 24.3 Å². The maximum absolute atomic E-state index is 12.5. The smallest absolute Gasteiger partial charge is 0.410 e. The van der Waals surface area contributed by atoms with Gasteiger partial charge in [0.15, 0.2) is 0 Å². The van der Waals surface area contributed by atoms with Gasteiger partial charge in [0, 0.05) is 12.1 Å². The predicted molar refractivity (Wildman–Crippen MR) is 64.5 cm³/mol. The summed E-state index contributed by atoms with van der Waals surface area (Å²) >= 11 is 0. The number of benzene rings is 1. The van der Waals surface area contributed by atoms with Crippen LogP contribution in [0, 0.1) is 6.92 Å². The van der Waals surface area contributed by atoms with Gasteiger partial charge in [0.25, 0.3) is 5.91 Å². The Bertz CT molecular complexity index is 486. The predicted octanol–water partition coefficient (Wildman–Crippen LogP) is 1.92. The van der Waals surface area contributed by atoms with Gasteiger partial charge >= 0.3 is 12.3 Å². The maximum Gasteiger partial charge on any atom is 0.410 e. The Kier molecular flexibility index (Phi) is 4.95. The molecule has 1 unspecified atom stereocenters. The highest BCUT2D eigenvalue weighted by Crippen LogP contribution is 2.19. The van der Waals surface area contributed by atoms with Crippen molar-refractivity contribution in [1.82, 2.24) is 10.6 Å².